The van der Waals surface area contributed by atoms with Gasteiger partial charge in [-0.1, -0.05) is 43.8 Å². The third-order valence-corrected chi connectivity index (χ3v) is 2.38. The minimum Gasteiger partial charge on any atom is -0.422 e. The van der Waals surface area contributed by atoms with Crippen LogP contribution in [0.4, 0.5) is 0 Å². The van der Waals surface area contributed by atoms with Crippen molar-refractivity contribution < 1.29 is 19.1 Å². The number of ether oxygens (including phenoxy) is 2. The van der Waals surface area contributed by atoms with Crippen molar-refractivity contribution in [1.29, 1.82) is 0 Å². The summed E-state index contributed by atoms with van der Waals surface area (Å²) in [7, 11) is 0. The molecule has 0 radical (unpaired) electrons. The zero-order valence-corrected chi connectivity index (χ0v) is 11.7. The molecule has 1 rings (SSSR count). The average molecular weight is 274 g/mol. The van der Waals surface area contributed by atoms with Gasteiger partial charge in [0.15, 0.2) is 0 Å². The van der Waals surface area contributed by atoms with Gasteiger partial charge in [0.05, 0.1) is 0 Å². The minimum atomic E-state index is -0.896. The van der Waals surface area contributed by atoms with Gasteiger partial charge in [-0.3, -0.25) is 0 Å². The Balaban J connectivity index is 2.53. The lowest BCUT2D eigenvalue weighted by Crippen LogP contribution is -2.23. The first kappa shape index (κ1) is 15.7. The van der Waals surface area contributed by atoms with Gasteiger partial charge in [-0.15, -0.1) is 0 Å². The number of carbonyl (C=O) groups is 2. The lowest BCUT2D eigenvalue weighted by atomic mass is 10.2. The smallest absolute Gasteiger partial charge is 0.336 e. The van der Waals surface area contributed by atoms with E-state index < -0.39 is 18.2 Å². The molecule has 0 aliphatic heterocycles. The molecule has 0 fully saturated rings. The quantitative estimate of drug-likeness (QED) is 0.454. The number of esters is 2. The summed E-state index contributed by atoms with van der Waals surface area (Å²) in [5, 5.41) is 0. The molecule has 0 saturated carbocycles. The van der Waals surface area contributed by atoms with E-state index >= 15 is 0 Å². The summed E-state index contributed by atoms with van der Waals surface area (Å²) < 4.78 is 10.0. The molecule has 0 bridgehead atoms. The highest BCUT2D eigenvalue weighted by molar-refractivity contribution is 5.88. The van der Waals surface area contributed by atoms with Crippen molar-refractivity contribution in [1.82, 2.24) is 0 Å². The van der Waals surface area contributed by atoms with Gasteiger partial charge in [-0.2, -0.15) is 0 Å². The van der Waals surface area contributed by atoms with Gasteiger partial charge in [-0.25, -0.2) is 9.59 Å². The van der Waals surface area contributed by atoms with Gasteiger partial charge in [-0.05, 0) is 18.6 Å². The standard InChI is InChI=1S/C16H18O4/c1-4-15(20-16(18)12(2)3)19-14(17)11-10-13-8-6-5-7-9-13/h5-11,15H,2,4H2,1,3H3. The maximum Gasteiger partial charge on any atom is 0.336 e. The lowest BCUT2D eigenvalue weighted by Gasteiger charge is -2.15. The molecular weight excluding hydrogens is 256 g/mol. The highest BCUT2D eigenvalue weighted by atomic mass is 16.7. The highest BCUT2D eigenvalue weighted by Gasteiger charge is 2.16. The molecule has 0 N–H and O–H groups in total. The molecule has 1 aromatic rings. The Morgan fingerprint density at radius 3 is 2.45 bits per heavy atom. The molecule has 4 heteroatoms. The maximum absolute atomic E-state index is 11.6. The summed E-state index contributed by atoms with van der Waals surface area (Å²) in [5.41, 5.74) is 1.15. The van der Waals surface area contributed by atoms with E-state index in [0.717, 1.165) is 5.56 Å². The van der Waals surface area contributed by atoms with Crippen molar-refractivity contribution in [3.05, 3.63) is 54.1 Å². The summed E-state index contributed by atoms with van der Waals surface area (Å²) in [5.74, 6) is -1.13. The summed E-state index contributed by atoms with van der Waals surface area (Å²) in [6, 6.07) is 9.35. The fourth-order valence-corrected chi connectivity index (χ4v) is 1.31. The normalized spacial score (nSPS) is 11.9. The van der Waals surface area contributed by atoms with E-state index in [1.165, 1.54) is 13.0 Å². The summed E-state index contributed by atoms with van der Waals surface area (Å²) in [6.45, 7) is 6.76. The molecule has 0 spiro atoms. The van der Waals surface area contributed by atoms with Crippen molar-refractivity contribution >= 4 is 18.0 Å². The van der Waals surface area contributed by atoms with Crippen LogP contribution in [0.25, 0.3) is 6.08 Å². The molecule has 1 atom stereocenters. The largest absolute Gasteiger partial charge is 0.422 e. The SMILES string of the molecule is C=C(C)C(=O)OC(CC)OC(=O)C=Cc1ccccc1. The molecule has 0 aliphatic rings. The van der Waals surface area contributed by atoms with E-state index in [1.54, 1.807) is 13.0 Å². The van der Waals surface area contributed by atoms with Gasteiger partial charge in [0, 0.05) is 18.1 Å². The van der Waals surface area contributed by atoms with Gasteiger partial charge >= 0.3 is 11.9 Å². The third kappa shape index (κ3) is 5.52. The van der Waals surface area contributed by atoms with E-state index in [9.17, 15) is 9.59 Å². The zero-order chi connectivity index (χ0) is 15.0. The molecule has 4 nitrogen and oxygen atoms in total. The molecular formula is C16H18O4. The van der Waals surface area contributed by atoms with Crippen molar-refractivity contribution in [2.75, 3.05) is 0 Å². The average Bonchev–Trinajstić information content (AvgIpc) is 2.45. The molecule has 0 aromatic heterocycles. The van der Waals surface area contributed by atoms with Crippen LogP contribution in [-0.4, -0.2) is 18.2 Å². The van der Waals surface area contributed by atoms with Crippen LogP contribution in [0.3, 0.4) is 0 Å². The molecule has 0 amide bonds. The first-order valence-electron chi connectivity index (χ1n) is 6.33. The monoisotopic (exact) mass is 274 g/mol. The fourth-order valence-electron chi connectivity index (χ4n) is 1.31. The van der Waals surface area contributed by atoms with Crippen LogP contribution in [0.15, 0.2) is 48.6 Å². The van der Waals surface area contributed by atoms with Crippen LogP contribution >= 0.6 is 0 Å². The summed E-state index contributed by atoms with van der Waals surface area (Å²) in [6.07, 6.45) is 2.42. The molecule has 20 heavy (non-hydrogen) atoms. The van der Waals surface area contributed by atoms with Crippen molar-refractivity contribution in [3.8, 4) is 0 Å². The summed E-state index contributed by atoms with van der Waals surface area (Å²) >= 11 is 0. The highest BCUT2D eigenvalue weighted by Crippen LogP contribution is 2.06. The molecule has 1 unspecified atom stereocenters. The van der Waals surface area contributed by atoms with Crippen molar-refractivity contribution in [2.24, 2.45) is 0 Å². The fraction of sp³-hybridized carbons (Fsp3) is 0.250. The van der Waals surface area contributed by atoms with Crippen LogP contribution in [0, 0.1) is 0 Å². The maximum atomic E-state index is 11.6. The van der Waals surface area contributed by atoms with Gasteiger partial charge in [0.2, 0.25) is 6.29 Å². The van der Waals surface area contributed by atoms with E-state index in [0.29, 0.717) is 6.42 Å². The molecule has 106 valence electrons. The van der Waals surface area contributed by atoms with E-state index in [2.05, 4.69) is 6.58 Å². The second-order valence-corrected chi connectivity index (χ2v) is 4.20. The third-order valence-electron chi connectivity index (χ3n) is 2.38. The first-order valence-corrected chi connectivity index (χ1v) is 6.33. The molecule has 0 aliphatic carbocycles. The topological polar surface area (TPSA) is 52.6 Å². The Morgan fingerprint density at radius 2 is 1.90 bits per heavy atom. The van der Waals surface area contributed by atoms with Gasteiger partial charge in [0.1, 0.15) is 0 Å². The Labute approximate surface area is 118 Å². The van der Waals surface area contributed by atoms with Crippen LogP contribution in [0.5, 0.6) is 0 Å². The van der Waals surface area contributed by atoms with Crippen LogP contribution in [0.2, 0.25) is 0 Å². The van der Waals surface area contributed by atoms with E-state index in [1.807, 2.05) is 30.3 Å². The number of benzene rings is 1. The van der Waals surface area contributed by atoms with Gasteiger partial charge < -0.3 is 9.47 Å². The van der Waals surface area contributed by atoms with Gasteiger partial charge in [0.25, 0.3) is 0 Å². The number of hydrogen-bond acceptors (Lipinski definition) is 4. The van der Waals surface area contributed by atoms with Crippen LogP contribution < -0.4 is 0 Å². The van der Waals surface area contributed by atoms with Crippen LogP contribution in [0.1, 0.15) is 25.8 Å². The predicted molar refractivity (Wildman–Crippen MR) is 76.6 cm³/mol. The van der Waals surface area contributed by atoms with Crippen LogP contribution in [-0.2, 0) is 19.1 Å². The molecule has 1 aromatic carbocycles. The van der Waals surface area contributed by atoms with E-state index in [4.69, 9.17) is 9.47 Å². The Morgan fingerprint density at radius 1 is 1.25 bits per heavy atom. The Bertz CT molecular complexity index is 502. The number of carbonyl (C=O) groups excluding carboxylic acids is 2. The number of hydrogen-bond donors (Lipinski definition) is 0. The molecule has 0 heterocycles. The molecule has 0 saturated heterocycles. The zero-order valence-electron chi connectivity index (χ0n) is 11.7. The lowest BCUT2D eigenvalue weighted by molar-refractivity contribution is -0.181. The van der Waals surface area contributed by atoms with E-state index in [-0.39, 0.29) is 5.57 Å². The van der Waals surface area contributed by atoms with Crippen molar-refractivity contribution in [3.63, 3.8) is 0 Å². The second kappa shape index (κ2) is 7.94. The Hall–Kier alpha value is -2.36. The summed E-state index contributed by atoms with van der Waals surface area (Å²) in [4.78, 5) is 23.0. The first-order chi connectivity index (χ1) is 9.52. The minimum absolute atomic E-state index is 0.263. The number of rotatable bonds is 6. The second-order valence-electron chi connectivity index (χ2n) is 4.20. The Kier molecular flexibility index (Phi) is 6.23. The predicted octanol–water partition coefficient (Wildman–Crippen LogP) is 3.10. The van der Waals surface area contributed by atoms with Crippen molar-refractivity contribution in [2.45, 2.75) is 26.6 Å².